The Bertz CT molecular complexity index is 379. The van der Waals surface area contributed by atoms with Gasteiger partial charge in [-0.3, -0.25) is 0 Å². The molecule has 1 aliphatic rings. The van der Waals surface area contributed by atoms with Crippen molar-refractivity contribution in [2.24, 2.45) is 0 Å². The van der Waals surface area contributed by atoms with E-state index in [2.05, 4.69) is 22.2 Å². The fourth-order valence-electron chi connectivity index (χ4n) is 1.70. The van der Waals surface area contributed by atoms with Crippen molar-refractivity contribution in [3.05, 3.63) is 11.9 Å². The maximum absolute atomic E-state index is 5.77. The van der Waals surface area contributed by atoms with Crippen molar-refractivity contribution in [1.82, 2.24) is 9.97 Å². The fraction of sp³-hybridized carbons (Fsp3) is 0.692. The third kappa shape index (κ3) is 4.14. The second-order valence-corrected chi connectivity index (χ2v) is 4.70. The Morgan fingerprint density at radius 2 is 2.22 bits per heavy atom. The summed E-state index contributed by atoms with van der Waals surface area (Å²) in [6, 6.07) is 1.78. The van der Waals surface area contributed by atoms with Crippen LogP contribution in [0.4, 0.5) is 11.6 Å². The van der Waals surface area contributed by atoms with Crippen LogP contribution in [0.2, 0.25) is 0 Å². The SMILES string of the molecule is CCCCOCCNc1cc(N)nc(C2CC2)n1. The maximum atomic E-state index is 5.77. The molecule has 0 radical (unpaired) electrons. The summed E-state index contributed by atoms with van der Waals surface area (Å²) in [5.41, 5.74) is 5.77. The summed E-state index contributed by atoms with van der Waals surface area (Å²) in [4.78, 5) is 8.73. The van der Waals surface area contributed by atoms with Crippen LogP contribution in [0.25, 0.3) is 0 Å². The van der Waals surface area contributed by atoms with Crippen LogP contribution in [0.15, 0.2) is 6.07 Å². The molecule has 1 aromatic heterocycles. The number of aromatic nitrogens is 2. The first kappa shape index (κ1) is 13.1. The zero-order chi connectivity index (χ0) is 12.8. The molecule has 0 aliphatic heterocycles. The average molecular weight is 250 g/mol. The van der Waals surface area contributed by atoms with Crippen LogP contribution in [0.1, 0.15) is 44.3 Å². The summed E-state index contributed by atoms with van der Waals surface area (Å²) in [5, 5.41) is 3.23. The number of nitrogens with zero attached hydrogens (tertiary/aromatic N) is 2. The molecular formula is C13H22N4O. The number of nitrogens with one attached hydrogen (secondary N) is 1. The summed E-state index contributed by atoms with van der Waals surface area (Å²) in [6.07, 6.45) is 4.65. The van der Waals surface area contributed by atoms with Crippen LogP contribution in [0, 0.1) is 0 Å². The van der Waals surface area contributed by atoms with Gasteiger partial charge in [0.2, 0.25) is 0 Å². The minimum absolute atomic E-state index is 0.523. The Hall–Kier alpha value is -1.36. The lowest BCUT2D eigenvalue weighted by Gasteiger charge is -2.08. The lowest BCUT2D eigenvalue weighted by atomic mass is 10.3. The Kier molecular flexibility index (Phi) is 4.75. The van der Waals surface area contributed by atoms with Crippen LogP contribution < -0.4 is 11.1 Å². The van der Waals surface area contributed by atoms with Crippen LogP contribution >= 0.6 is 0 Å². The Balaban J connectivity index is 1.74. The molecule has 100 valence electrons. The van der Waals surface area contributed by atoms with Gasteiger partial charge in [0.25, 0.3) is 0 Å². The molecule has 18 heavy (non-hydrogen) atoms. The van der Waals surface area contributed by atoms with Crippen molar-refractivity contribution >= 4 is 11.6 Å². The van der Waals surface area contributed by atoms with Gasteiger partial charge in [-0.2, -0.15) is 0 Å². The number of rotatable bonds is 8. The predicted octanol–water partition coefficient (Wildman–Crippen LogP) is 2.16. The van der Waals surface area contributed by atoms with Gasteiger partial charge >= 0.3 is 0 Å². The molecule has 5 nitrogen and oxygen atoms in total. The molecule has 1 aliphatic carbocycles. The van der Waals surface area contributed by atoms with E-state index in [1.807, 2.05) is 0 Å². The smallest absolute Gasteiger partial charge is 0.136 e. The highest BCUT2D eigenvalue weighted by molar-refractivity contribution is 5.45. The molecule has 0 spiro atoms. The average Bonchev–Trinajstić information content (AvgIpc) is 3.17. The van der Waals surface area contributed by atoms with E-state index in [-0.39, 0.29) is 0 Å². The molecule has 0 aromatic carbocycles. The van der Waals surface area contributed by atoms with Crippen molar-refractivity contribution in [3.63, 3.8) is 0 Å². The van der Waals surface area contributed by atoms with Crippen molar-refractivity contribution < 1.29 is 4.74 Å². The highest BCUT2D eigenvalue weighted by Gasteiger charge is 2.27. The quantitative estimate of drug-likeness (QED) is 0.692. The Morgan fingerprint density at radius 3 is 2.94 bits per heavy atom. The summed E-state index contributed by atoms with van der Waals surface area (Å²) < 4.78 is 5.48. The van der Waals surface area contributed by atoms with E-state index in [0.717, 1.165) is 31.2 Å². The molecule has 0 amide bonds. The molecule has 2 rings (SSSR count). The van der Waals surface area contributed by atoms with Gasteiger partial charge in [-0.05, 0) is 19.3 Å². The van der Waals surface area contributed by atoms with Gasteiger partial charge in [0.05, 0.1) is 6.61 Å². The standard InChI is InChI=1S/C13H22N4O/c1-2-3-7-18-8-6-15-12-9-11(14)16-13(17-12)10-4-5-10/h9-10H,2-8H2,1H3,(H3,14,15,16,17). The molecule has 0 saturated heterocycles. The van der Waals surface area contributed by atoms with Crippen molar-refractivity contribution in [3.8, 4) is 0 Å². The third-order valence-corrected chi connectivity index (χ3v) is 2.90. The normalized spacial score (nSPS) is 14.7. The molecule has 0 atom stereocenters. The molecular weight excluding hydrogens is 228 g/mol. The van der Waals surface area contributed by atoms with Crippen molar-refractivity contribution in [1.29, 1.82) is 0 Å². The topological polar surface area (TPSA) is 73.1 Å². The Morgan fingerprint density at radius 1 is 1.39 bits per heavy atom. The monoisotopic (exact) mass is 250 g/mol. The zero-order valence-corrected chi connectivity index (χ0v) is 11.0. The van der Waals surface area contributed by atoms with Crippen LogP contribution in [-0.4, -0.2) is 29.7 Å². The molecule has 3 N–H and O–H groups in total. The largest absolute Gasteiger partial charge is 0.384 e. The first-order chi connectivity index (χ1) is 8.79. The summed E-state index contributed by atoms with van der Waals surface area (Å²) >= 11 is 0. The second-order valence-electron chi connectivity index (χ2n) is 4.70. The highest BCUT2D eigenvalue weighted by Crippen LogP contribution is 2.38. The number of nitrogens with two attached hydrogens (primary N) is 1. The van der Waals surface area contributed by atoms with E-state index >= 15 is 0 Å². The zero-order valence-electron chi connectivity index (χ0n) is 11.0. The van der Waals surface area contributed by atoms with Crippen molar-refractivity contribution in [2.45, 2.75) is 38.5 Å². The van der Waals surface area contributed by atoms with E-state index in [0.29, 0.717) is 18.3 Å². The third-order valence-electron chi connectivity index (χ3n) is 2.90. The van der Waals surface area contributed by atoms with Crippen molar-refractivity contribution in [2.75, 3.05) is 30.8 Å². The number of nitrogen functional groups attached to an aromatic ring is 1. The van der Waals surface area contributed by atoms with Gasteiger partial charge < -0.3 is 15.8 Å². The van der Waals surface area contributed by atoms with Gasteiger partial charge in [0, 0.05) is 25.1 Å². The predicted molar refractivity (Wildman–Crippen MR) is 72.6 cm³/mol. The molecule has 1 heterocycles. The van der Waals surface area contributed by atoms with E-state index in [1.165, 1.54) is 19.3 Å². The minimum atomic E-state index is 0.523. The summed E-state index contributed by atoms with van der Waals surface area (Å²) in [7, 11) is 0. The molecule has 5 heteroatoms. The molecule has 0 unspecified atom stereocenters. The Labute approximate surface area is 108 Å². The van der Waals surface area contributed by atoms with Gasteiger partial charge in [0.15, 0.2) is 0 Å². The van der Waals surface area contributed by atoms with Crippen LogP contribution in [0.5, 0.6) is 0 Å². The highest BCUT2D eigenvalue weighted by atomic mass is 16.5. The number of hydrogen-bond donors (Lipinski definition) is 2. The van der Waals surface area contributed by atoms with E-state index < -0.39 is 0 Å². The van der Waals surface area contributed by atoms with E-state index in [1.54, 1.807) is 6.07 Å². The van der Waals surface area contributed by atoms with Crippen LogP contribution in [0.3, 0.4) is 0 Å². The number of hydrogen-bond acceptors (Lipinski definition) is 5. The second kappa shape index (κ2) is 6.54. The number of anilines is 2. The fourth-order valence-corrected chi connectivity index (χ4v) is 1.70. The summed E-state index contributed by atoms with van der Waals surface area (Å²) in [5.74, 6) is 2.75. The van der Waals surface area contributed by atoms with E-state index in [9.17, 15) is 0 Å². The van der Waals surface area contributed by atoms with Gasteiger partial charge in [-0.25, -0.2) is 9.97 Å². The lowest BCUT2D eigenvalue weighted by molar-refractivity contribution is 0.141. The number of unbranched alkanes of at least 4 members (excludes halogenated alkanes) is 1. The van der Waals surface area contributed by atoms with Crippen LogP contribution in [-0.2, 0) is 4.74 Å². The van der Waals surface area contributed by atoms with Gasteiger partial charge in [0.1, 0.15) is 17.5 Å². The number of ether oxygens (including phenoxy) is 1. The molecule has 1 aromatic rings. The minimum Gasteiger partial charge on any atom is -0.384 e. The maximum Gasteiger partial charge on any atom is 0.136 e. The lowest BCUT2D eigenvalue weighted by Crippen LogP contribution is -2.12. The first-order valence-corrected chi connectivity index (χ1v) is 6.75. The first-order valence-electron chi connectivity index (χ1n) is 6.75. The van der Waals surface area contributed by atoms with E-state index in [4.69, 9.17) is 10.5 Å². The molecule has 1 saturated carbocycles. The van der Waals surface area contributed by atoms with Gasteiger partial charge in [-0.1, -0.05) is 13.3 Å². The molecule has 1 fully saturated rings. The van der Waals surface area contributed by atoms with Gasteiger partial charge in [-0.15, -0.1) is 0 Å². The molecule has 0 bridgehead atoms. The summed E-state index contributed by atoms with van der Waals surface area (Å²) in [6.45, 7) is 4.44.